The van der Waals surface area contributed by atoms with E-state index in [2.05, 4.69) is 0 Å². The third-order valence-corrected chi connectivity index (χ3v) is 4.50. The summed E-state index contributed by atoms with van der Waals surface area (Å²) in [5, 5.41) is 10.3. The number of ether oxygens (including phenoxy) is 1. The van der Waals surface area contributed by atoms with Gasteiger partial charge in [0.25, 0.3) is 0 Å². The van der Waals surface area contributed by atoms with Crippen molar-refractivity contribution in [2.75, 3.05) is 26.8 Å². The molecule has 0 heterocycles. The Morgan fingerprint density at radius 1 is 1.33 bits per heavy atom. The molecule has 0 spiro atoms. The van der Waals surface area contributed by atoms with Crippen molar-refractivity contribution >= 4 is 27.7 Å². The summed E-state index contributed by atoms with van der Waals surface area (Å²) in [6.45, 7) is 0.637. The van der Waals surface area contributed by atoms with Crippen LogP contribution in [0.2, 0.25) is 5.02 Å². The number of rotatable bonds is 8. The molecule has 0 unspecified atom stereocenters. The number of benzene rings is 1. The highest BCUT2D eigenvalue weighted by atomic mass is 35.5. The maximum absolute atomic E-state index is 12.2. The minimum Gasteiger partial charge on any atom is -0.383 e. The van der Waals surface area contributed by atoms with Crippen LogP contribution in [0.15, 0.2) is 29.7 Å². The van der Waals surface area contributed by atoms with E-state index in [1.807, 2.05) is 6.07 Å². The first-order valence-electron chi connectivity index (χ1n) is 6.29. The molecule has 114 valence electrons. The van der Waals surface area contributed by atoms with E-state index in [4.69, 9.17) is 21.6 Å². The molecule has 0 N–H and O–H groups in total. The van der Waals surface area contributed by atoms with Crippen molar-refractivity contribution in [2.45, 2.75) is 6.42 Å². The molecule has 0 fully saturated rings. The Hall–Kier alpha value is -1.39. The lowest BCUT2D eigenvalue weighted by Gasteiger charge is -2.18. The Morgan fingerprint density at radius 3 is 2.57 bits per heavy atom. The summed E-state index contributed by atoms with van der Waals surface area (Å²) < 4.78 is 30.6. The van der Waals surface area contributed by atoms with Crippen LogP contribution >= 0.6 is 11.6 Å². The van der Waals surface area contributed by atoms with Gasteiger partial charge in [-0.2, -0.15) is 9.57 Å². The van der Waals surface area contributed by atoms with Crippen LogP contribution in [0.5, 0.6) is 0 Å². The van der Waals surface area contributed by atoms with E-state index < -0.39 is 10.0 Å². The summed E-state index contributed by atoms with van der Waals surface area (Å²) in [6, 6.07) is 8.77. The lowest BCUT2D eigenvalue weighted by atomic mass is 10.2. The van der Waals surface area contributed by atoms with Crippen LogP contribution in [0.1, 0.15) is 12.0 Å². The maximum atomic E-state index is 12.2. The number of nitrogens with zero attached hydrogens (tertiary/aromatic N) is 2. The largest absolute Gasteiger partial charge is 0.383 e. The summed E-state index contributed by atoms with van der Waals surface area (Å²) >= 11 is 5.77. The number of nitriles is 1. The minimum atomic E-state index is -3.59. The van der Waals surface area contributed by atoms with Gasteiger partial charge in [0.1, 0.15) is 0 Å². The quantitative estimate of drug-likeness (QED) is 0.735. The number of hydrogen-bond donors (Lipinski definition) is 0. The lowest BCUT2D eigenvalue weighted by molar-refractivity contribution is 0.180. The van der Waals surface area contributed by atoms with Crippen LogP contribution < -0.4 is 0 Å². The summed E-state index contributed by atoms with van der Waals surface area (Å²) in [5.74, 6) is 0. The van der Waals surface area contributed by atoms with Gasteiger partial charge >= 0.3 is 0 Å². The zero-order valence-electron chi connectivity index (χ0n) is 11.7. The fraction of sp³-hybridized carbons (Fsp3) is 0.357. The Labute approximate surface area is 130 Å². The van der Waals surface area contributed by atoms with Crippen LogP contribution in [0.4, 0.5) is 0 Å². The highest BCUT2D eigenvalue weighted by Crippen LogP contribution is 2.12. The van der Waals surface area contributed by atoms with Gasteiger partial charge < -0.3 is 4.74 Å². The average Bonchev–Trinajstić information content (AvgIpc) is 2.46. The van der Waals surface area contributed by atoms with Crippen molar-refractivity contribution in [1.29, 1.82) is 5.26 Å². The zero-order chi connectivity index (χ0) is 15.7. The van der Waals surface area contributed by atoms with Crippen molar-refractivity contribution in [3.8, 4) is 6.07 Å². The second-order valence-corrected chi connectivity index (χ2v) is 6.45. The Bertz CT molecular complexity index is 606. The Balaban J connectivity index is 2.84. The fourth-order valence-corrected chi connectivity index (χ4v) is 2.86. The van der Waals surface area contributed by atoms with Crippen LogP contribution in [-0.4, -0.2) is 39.5 Å². The third kappa shape index (κ3) is 6.27. The lowest BCUT2D eigenvalue weighted by Crippen LogP contribution is -2.33. The Kier molecular flexibility index (Phi) is 7.40. The number of hydrogen-bond acceptors (Lipinski definition) is 4. The van der Waals surface area contributed by atoms with Gasteiger partial charge in [-0.1, -0.05) is 23.7 Å². The van der Waals surface area contributed by atoms with Crippen molar-refractivity contribution in [1.82, 2.24) is 4.31 Å². The molecule has 5 nitrogen and oxygen atoms in total. The molecule has 0 bridgehead atoms. The molecule has 0 saturated heterocycles. The van der Waals surface area contributed by atoms with Crippen molar-refractivity contribution in [3.63, 3.8) is 0 Å². The SMILES string of the molecule is COCCN(CCC#N)S(=O)(=O)/C=C/c1ccc(Cl)cc1. The molecule has 0 radical (unpaired) electrons. The van der Waals surface area contributed by atoms with Crippen molar-refractivity contribution in [2.24, 2.45) is 0 Å². The monoisotopic (exact) mass is 328 g/mol. The molecule has 0 aliphatic carbocycles. The van der Waals surface area contributed by atoms with Gasteiger partial charge in [-0.05, 0) is 23.8 Å². The van der Waals surface area contributed by atoms with Crippen LogP contribution in [0, 0.1) is 11.3 Å². The minimum absolute atomic E-state index is 0.137. The molecule has 0 aromatic heterocycles. The zero-order valence-corrected chi connectivity index (χ0v) is 13.3. The second-order valence-electron chi connectivity index (χ2n) is 4.20. The highest BCUT2D eigenvalue weighted by Gasteiger charge is 2.18. The summed E-state index contributed by atoms with van der Waals surface area (Å²) in [4.78, 5) is 0. The molecule has 1 aromatic rings. The summed E-state index contributed by atoms with van der Waals surface area (Å²) in [5.41, 5.74) is 0.731. The molecule has 0 saturated carbocycles. The predicted octanol–water partition coefficient (Wildman–Crippen LogP) is 2.50. The van der Waals surface area contributed by atoms with Gasteiger partial charge in [0, 0.05) is 37.1 Å². The van der Waals surface area contributed by atoms with Crippen molar-refractivity contribution in [3.05, 3.63) is 40.3 Å². The first-order valence-corrected chi connectivity index (χ1v) is 8.17. The number of methoxy groups -OCH3 is 1. The van der Waals surface area contributed by atoms with E-state index in [-0.39, 0.29) is 26.1 Å². The maximum Gasteiger partial charge on any atom is 0.236 e. The summed E-state index contributed by atoms with van der Waals surface area (Å²) in [7, 11) is -2.09. The van der Waals surface area contributed by atoms with Gasteiger partial charge in [-0.25, -0.2) is 8.42 Å². The van der Waals surface area contributed by atoms with E-state index in [1.54, 1.807) is 24.3 Å². The number of halogens is 1. The second kappa shape index (κ2) is 8.80. The van der Waals surface area contributed by atoms with Crippen LogP contribution in [-0.2, 0) is 14.8 Å². The highest BCUT2D eigenvalue weighted by molar-refractivity contribution is 7.92. The van der Waals surface area contributed by atoms with E-state index in [0.29, 0.717) is 5.02 Å². The molecule has 0 aliphatic rings. The molecule has 0 aliphatic heterocycles. The molecule has 1 aromatic carbocycles. The molecule has 0 amide bonds. The first kappa shape index (κ1) is 17.7. The normalized spacial score (nSPS) is 11.9. The van der Waals surface area contributed by atoms with Gasteiger partial charge in [0.2, 0.25) is 10.0 Å². The predicted molar refractivity (Wildman–Crippen MR) is 83.1 cm³/mol. The smallest absolute Gasteiger partial charge is 0.236 e. The Morgan fingerprint density at radius 2 is 2.00 bits per heavy atom. The third-order valence-electron chi connectivity index (χ3n) is 2.68. The molecule has 7 heteroatoms. The van der Waals surface area contributed by atoms with E-state index in [1.165, 1.54) is 17.5 Å². The van der Waals surface area contributed by atoms with E-state index in [0.717, 1.165) is 11.0 Å². The van der Waals surface area contributed by atoms with Crippen LogP contribution in [0.3, 0.4) is 0 Å². The van der Waals surface area contributed by atoms with Crippen LogP contribution in [0.25, 0.3) is 6.08 Å². The molecule has 1 rings (SSSR count). The standard InChI is InChI=1S/C14H17ClN2O3S/c1-20-11-10-17(9-2-8-16)21(18,19)12-7-13-3-5-14(15)6-4-13/h3-7,12H,2,9-11H2,1H3/b12-7+. The van der Waals surface area contributed by atoms with Gasteiger partial charge in [0.15, 0.2) is 0 Å². The molecule has 0 atom stereocenters. The summed E-state index contributed by atoms with van der Waals surface area (Å²) in [6.07, 6.45) is 1.63. The van der Waals surface area contributed by atoms with Gasteiger partial charge in [-0.3, -0.25) is 0 Å². The average molecular weight is 329 g/mol. The molecule has 21 heavy (non-hydrogen) atoms. The van der Waals surface area contributed by atoms with E-state index >= 15 is 0 Å². The van der Waals surface area contributed by atoms with Gasteiger partial charge in [0.05, 0.1) is 12.7 Å². The molecular formula is C14H17ClN2O3S. The van der Waals surface area contributed by atoms with Gasteiger partial charge in [-0.15, -0.1) is 0 Å². The fourth-order valence-electron chi connectivity index (χ4n) is 1.56. The topological polar surface area (TPSA) is 70.4 Å². The number of sulfonamides is 1. The molecular weight excluding hydrogens is 312 g/mol. The van der Waals surface area contributed by atoms with E-state index in [9.17, 15) is 8.42 Å². The van der Waals surface area contributed by atoms with Crippen molar-refractivity contribution < 1.29 is 13.2 Å². The first-order chi connectivity index (χ1) is 9.99.